The number of imidazole rings is 1. The molecule has 4 aromatic heterocycles. The monoisotopic (exact) mass is 873 g/mol. The Morgan fingerprint density at radius 1 is 0.929 bits per heavy atom. The van der Waals surface area contributed by atoms with Crippen LogP contribution in [0.25, 0.3) is 28.3 Å². The molecule has 1 aliphatic rings. The molecule has 56 heavy (non-hydrogen) atoms. The molecule has 0 aliphatic heterocycles. The van der Waals surface area contributed by atoms with Gasteiger partial charge in [-0.25, -0.2) is 9.97 Å². The highest BCUT2D eigenvalue weighted by molar-refractivity contribution is 9.10. The van der Waals surface area contributed by atoms with E-state index < -0.39 is 21.7 Å². The number of methoxy groups -OCH3 is 2. The third-order valence-corrected chi connectivity index (χ3v) is 14.2. The van der Waals surface area contributed by atoms with Crippen molar-refractivity contribution in [2.45, 2.75) is 88.6 Å². The SMILES string of the molecule is COCCOC1(C(=O)COCOC)CCC(c2nc3c(-c4ccc(-c5ncc[nH]5)nc4)cnn3c(N(COCC[Si](C)(C)C)COCC[Si](C)(C)C)c2Br)CC1. The Labute approximate surface area is 341 Å². The van der Waals surface area contributed by atoms with Crippen LogP contribution in [-0.2, 0) is 33.2 Å². The largest absolute Gasteiger partial charge is 0.382 e. The number of anilines is 1. The lowest BCUT2D eigenvalue weighted by molar-refractivity contribution is -0.160. The van der Waals surface area contributed by atoms with Gasteiger partial charge in [-0.15, -0.1) is 0 Å². The van der Waals surface area contributed by atoms with Gasteiger partial charge in [0.15, 0.2) is 23.1 Å². The molecule has 308 valence electrons. The van der Waals surface area contributed by atoms with E-state index in [2.05, 4.69) is 70.1 Å². The van der Waals surface area contributed by atoms with Gasteiger partial charge in [0, 0.05) is 79.2 Å². The highest BCUT2D eigenvalue weighted by atomic mass is 79.9. The van der Waals surface area contributed by atoms with Crippen molar-refractivity contribution in [1.82, 2.24) is 29.5 Å². The van der Waals surface area contributed by atoms with E-state index in [1.165, 1.54) is 7.11 Å². The summed E-state index contributed by atoms with van der Waals surface area (Å²) in [7, 11) is 0.527. The highest BCUT2D eigenvalue weighted by Crippen LogP contribution is 2.45. The fourth-order valence-corrected chi connectivity index (χ4v) is 8.96. The Hall–Kier alpha value is -2.88. The summed E-state index contributed by atoms with van der Waals surface area (Å²) in [5.41, 5.74) is 3.06. The van der Waals surface area contributed by atoms with Gasteiger partial charge in [0.05, 0.1) is 29.6 Å². The topological polar surface area (TPSA) is 147 Å². The molecule has 0 spiro atoms. The van der Waals surface area contributed by atoms with Crippen molar-refractivity contribution in [2.75, 3.05) is 72.4 Å². The van der Waals surface area contributed by atoms with Crippen molar-refractivity contribution in [2.24, 2.45) is 0 Å². The quantitative estimate of drug-likeness (QED) is 0.0444. The summed E-state index contributed by atoms with van der Waals surface area (Å²) >= 11 is 4.03. The fourth-order valence-electron chi connectivity index (χ4n) is 6.62. The van der Waals surface area contributed by atoms with E-state index in [1.54, 1.807) is 19.5 Å². The molecule has 1 aliphatic carbocycles. The number of aromatic amines is 1. The number of H-pyrrole nitrogens is 1. The van der Waals surface area contributed by atoms with Crippen molar-refractivity contribution in [3.05, 3.63) is 47.1 Å². The van der Waals surface area contributed by atoms with E-state index in [9.17, 15) is 4.79 Å². The van der Waals surface area contributed by atoms with Crippen molar-refractivity contribution >= 4 is 49.3 Å². The highest BCUT2D eigenvalue weighted by Gasteiger charge is 2.44. The van der Waals surface area contributed by atoms with Crippen LogP contribution in [-0.4, -0.2) is 125 Å². The van der Waals surface area contributed by atoms with Crippen LogP contribution < -0.4 is 4.90 Å². The first-order valence-electron chi connectivity index (χ1n) is 19.4. The maximum absolute atomic E-state index is 13.6. The van der Waals surface area contributed by atoms with Crippen LogP contribution in [0.5, 0.6) is 0 Å². The Balaban J connectivity index is 1.54. The molecule has 4 heterocycles. The standard InChI is InChI=1S/C39H60BrN7O7Si2/c1-49-17-18-54-39(33(48)25-53-28-50-2)13-11-29(12-14-39)35-34(40)38(46(26-51-19-21-55(3,4)5)27-52-20-22-56(6,7)8)47-37(45-35)31(24-44-47)30-9-10-32(43-23-30)36-41-15-16-42-36/h9-10,15-16,23-24,29H,11-14,17-22,25-28H2,1-8H3,(H,41,42). The Bertz CT molecular complexity index is 1800. The number of rotatable bonds is 23. The molecule has 1 N–H and O–H groups in total. The number of hydrogen-bond acceptors (Lipinski definition) is 12. The average Bonchev–Trinajstić information content (AvgIpc) is 3.85. The Kier molecular flexibility index (Phi) is 16.0. The lowest BCUT2D eigenvalue weighted by Gasteiger charge is -2.39. The molecule has 0 unspecified atom stereocenters. The maximum atomic E-state index is 13.6. The van der Waals surface area contributed by atoms with E-state index in [0.717, 1.165) is 44.9 Å². The first kappa shape index (κ1) is 44.2. The number of halogens is 1. The van der Waals surface area contributed by atoms with Crippen LogP contribution in [0.2, 0.25) is 51.4 Å². The van der Waals surface area contributed by atoms with Gasteiger partial charge in [0.2, 0.25) is 0 Å². The molecule has 1 saturated carbocycles. The summed E-state index contributed by atoms with van der Waals surface area (Å²) in [6.07, 6.45) is 9.54. The maximum Gasteiger partial charge on any atom is 0.190 e. The number of ketones is 1. The third kappa shape index (κ3) is 11.8. The zero-order valence-electron chi connectivity index (χ0n) is 34.4. The minimum Gasteiger partial charge on any atom is -0.382 e. The number of aromatic nitrogens is 6. The summed E-state index contributed by atoms with van der Waals surface area (Å²) < 4.78 is 37.6. The van der Waals surface area contributed by atoms with E-state index in [-0.39, 0.29) is 25.1 Å². The number of nitrogens with zero attached hydrogens (tertiary/aromatic N) is 6. The Morgan fingerprint density at radius 2 is 1.62 bits per heavy atom. The summed E-state index contributed by atoms with van der Waals surface area (Å²) in [5, 5.41) is 4.93. The average molecular weight is 875 g/mol. The van der Waals surface area contributed by atoms with E-state index in [0.29, 0.717) is 77.0 Å². The molecule has 0 aromatic carbocycles. The Morgan fingerprint density at radius 3 is 2.20 bits per heavy atom. The number of ether oxygens (including phenoxy) is 6. The van der Waals surface area contributed by atoms with E-state index >= 15 is 0 Å². The van der Waals surface area contributed by atoms with Gasteiger partial charge in [0.1, 0.15) is 38.2 Å². The summed E-state index contributed by atoms with van der Waals surface area (Å²) in [6.45, 7) is 16.7. The first-order chi connectivity index (χ1) is 26.7. The molecule has 4 aromatic rings. The van der Waals surface area contributed by atoms with Crippen molar-refractivity contribution < 1.29 is 33.2 Å². The van der Waals surface area contributed by atoms with Gasteiger partial charge < -0.3 is 38.3 Å². The molecule has 5 rings (SSSR count). The van der Waals surface area contributed by atoms with Crippen LogP contribution in [0.4, 0.5) is 5.82 Å². The molecule has 0 bridgehead atoms. The minimum atomic E-state index is -1.32. The molecule has 0 radical (unpaired) electrons. The molecular weight excluding hydrogens is 815 g/mol. The second kappa shape index (κ2) is 20.2. The predicted octanol–water partition coefficient (Wildman–Crippen LogP) is 7.62. The molecule has 0 amide bonds. The predicted molar refractivity (Wildman–Crippen MR) is 227 cm³/mol. The normalized spacial score (nSPS) is 17.8. The number of hydrogen-bond donors (Lipinski definition) is 1. The lowest BCUT2D eigenvalue weighted by atomic mass is 9.75. The molecule has 17 heteroatoms. The van der Waals surface area contributed by atoms with E-state index in [1.807, 2.05) is 29.0 Å². The minimum absolute atomic E-state index is 0.0182. The van der Waals surface area contributed by atoms with Crippen molar-refractivity contribution in [3.8, 4) is 22.6 Å². The van der Waals surface area contributed by atoms with Gasteiger partial charge in [-0.3, -0.25) is 9.78 Å². The van der Waals surface area contributed by atoms with Gasteiger partial charge in [-0.2, -0.15) is 9.61 Å². The zero-order valence-corrected chi connectivity index (χ0v) is 37.9. The second-order valence-electron chi connectivity index (χ2n) is 16.8. The molecule has 0 saturated heterocycles. The van der Waals surface area contributed by atoms with E-state index in [4.69, 9.17) is 43.5 Å². The number of carbonyl (C=O) groups is 1. The zero-order chi connectivity index (χ0) is 40.3. The molecule has 0 atom stereocenters. The third-order valence-electron chi connectivity index (χ3n) is 9.98. The number of fused-ring (bicyclic) bond motifs is 1. The number of Topliss-reactive ketones (excluding diaryl/α,β-unsaturated/α-hetero) is 1. The van der Waals surface area contributed by atoms with Gasteiger partial charge in [-0.1, -0.05) is 45.3 Å². The van der Waals surface area contributed by atoms with Crippen LogP contribution in [0.3, 0.4) is 0 Å². The van der Waals surface area contributed by atoms with Crippen molar-refractivity contribution in [1.29, 1.82) is 0 Å². The van der Waals surface area contributed by atoms with Crippen molar-refractivity contribution in [3.63, 3.8) is 0 Å². The number of pyridine rings is 1. The summed E-state index contributed by atoms with van der Waals surface area (Å²) in [4.78, 5) is 33.3. The summed E-state index contributed by atoms with van der Waals surface area (Å²) in [5.74, 6) is 1.43. The van der Waals surface area contributed by atoms with Crippen LogP contribution in [0.1, 0.15) is 37.3 Å². The summed E-state index contributed by atoms with van der Waals surface area (Å²) in [6, 6.07) is 6.06. The second-order valence-corrected chi connectivity index (χ2v) is 28.9. The molecule has 14 nitrogen and oxygen atoms in total. The fraction of sp³-hybridized carbons (Fsp3) is 0.615. The molecule has 1 fully saturated rings. The van der Waals surface area contributed by atoms with Crippen LogP contribution in [0.15, 0.2) is 41.4 Å². The number of carbonyl (C=O) groups excluding carboxylic acids is 1. The van der Waals surface area contributed by atoms with Gasteiger partial charge >= 0.3 is 0 Å². The molecular formula is C39H60BrN7O7Si2. The lowest BCUT2D eigenvalue weighted by Crippen LogP contribution is -2.47. The van der Waals surface area contributed by atoms with Crippen LogP contribution in [0, 0.1) is 0 Å². The first-order valence-corrected chi connectivity index (χ1v) is 27.6. The van der Waals surface area contributed by atoms with Gasteiger partial charge in [0.25, 0.3) is 0 Å². The van der Waals surface area contributed by atoms with Gasteiger partial charge in [-0.05, 0) is 59.8 Å². The van der Waals surface area contributed by atoms with Crippen LogP contribution >= 0.6 is 15.9 Å². The smallest absolute Gasteiger partial charge is 0.190 e. The number of nitrogens with one attached hydrogen (secondary N) is 1.